The summed E-state index contributed by atoms with van der Waals surface area (Å²) in [5.74, 6) is -2.79. The number of carbonyl (C=O) groups excluding carboxylic acids is 2. The van der Waals surface area contributed by atoms with Crippen molar-refractivity contribution >= 4 is 45.8 Å². The monoisotopic (exact) mass is 533 g/mol. The van der Waals surface area contributed by atoms with Crippen molar-refractivity contribution in [2.75, 3.05) is 19.0 Å². The lowest BCUT2D eigenvalue weighted by atomic mass is 10.0. The lowest BCUT2D eigenvalue weighted by Gasteiger charge is -2.31. The maximum Gasteiger partial charge on any atom is 0.276 e. The van der Waals surface area contributed by atoms with E-state index in [1.807, 2.05) is 0 Å². The number of halogens is 3. The molecule has 37 heavy (non-hydrogen) atoms. The lowest BCUT2D eigenvalue weighted by molar-refractivity contribution is -0.178. The second-order valence-electron chi connectivity index (χ2n) is 8.05. The van der Waals surface area contributed by atoms with Crippen LogP contribution in [0.1, 0.15) is 12.8 Å². The number of ether oxygens (including phenoxy) is 2. The van der Waals surface area contributed by atoms with Crippen LogP contribution < -0.4 is 20.1 Å². The number of fused-ring (bicyclic) bond motifs is 1. The quantitative estimate of drug-likeness (QED) is 0.180. The van der Waals surface area contributed by atoms with E-state index >= 15 is 0 Å². The number of hydroxylamine groups is 2. The van der Waals surface area contributed by atoms with Gasteiger partial charge in [-0.3, -0.25) is 14.8 Å². The molecule has 0 saturated carbocycles. The third kappa shape index (κ3) is 5.45. The Balaban J connectivity index is 1.62. The van der Waals surface area contributed by atoms with Gasteiger partial charge < -0.3 is 20.1 Å². The Bertz CT molecular complexity index is 1380. The number of hydrogen-bond acceptors (Lipinski definition) is 9. The van der Waals surface area contributed by atoms with Crippen LogP contribution in [0.15, 0.2) is 43.2 Å². The summed E-state index contributed by atoms with van der Waals surface area (Å²) >= 11 is 5.69. The van der Waals surface area contributed by atoms with Gasteiger partial charge in [0, 0.05) is 17.9 Å². The number of nitrogens with zero attached hydrogens (tertiary/aromatic N) is 3. The zero-order chi connectivity index (χ0) is 26.7. The molecular formula is C24H22ClF2N5O5. The summed E-state index contributed by atoms with van der Waals surface area (Å²) in [5.41, 5.74) is 0.361. The Hall–Kier alpha value is -3.87. The molecule has 0 spiro atoms. The summed E-state index contributed by atoms with van der Waals surface area (Å²) in [6.07, 6.45) is 2.28. The number of amides is 2. The lowest BCUT2D eigenvalue weighted by Crippen LogP contribution is -2.52. The Morgan fingerprint density at radius 1 is 1.30 bits per heavy atom. The molecule has 2 heterocycles. The molecule has 0 unspecified atom stereocenters. The molecule has 2 amide bonds. The Kier molecular flexibility index (Phi) is 7.81. The molecule has 1 saturated heterocycles. The highest BCUT2D eigenvalue weighted by Crippen LogP contribution is 2.37. The van der Waals surface area contributed by atoms with Gasteiger partial charge in [0.2, 0.25) is 0 Å². The molecule has 1 aliphatic heterocycles. The largest absolute Gasteiger partial charge is 0.493 e. The zero-order valence-corrected chi connectivity index (χ0v) is 20.3. The molecular weight excluding hydrogens is 512 g/mol. The van der Waals surface area contributed by atoms with Crippen LogP contribution in [0.2, 0.25) is 5.02 Å². The molecule has 3 N–H and O–H groups in total. The van der Waals surface area contributed by atoms with Crippen molar-refractivity contribution in [3.05, 3.63) is 59.9 Å². The molecule has 1 aliphatic rings. The molecule has 10 nitrogen and oxygen atoms in total. The number of carbonyl (C=O) groups is 2. The van der Waals surface area contributed by atoms with Gasteiger partial charge in [0.1, 0.15) is 29.1 Å². The first-order valence-electron chi connectivity index (χ1n) is 11.1. The number of anilines is 2. The fourth-order valence-corrected chi connectivity index (χ4v) is 4.03. The molecule has 2 aromatic carbocycles. The average molecular weight is 534 g/mol. The molecule has 2 atom stereocenters. The molecule has 3 aromatic rings. The van der Waals surface area contributed by atoms with Crippen molar-refractivity contribution < 1.29 is 33.1 Å². The topological polar surface area (TPSA) is 126 Å². The van der Waals surface area contributed by atoms with E-state index in [0.717, 1.165) is 12.1 Å². The Morgan fingerprint density at radius 2 is 2.08 bits per heavy atom. The van der Waals surface area contributed by atoms with E-state index in [4.69, 9.17) is 21.1 Å². The predicted octanol–water partition coefficient (Wildman–Crippen LogP) is 3.74. The predicted molar refractivity (Wildman–Crippen MR) is 130 cm³/mol. The molecule has 194 valence electrons. The molecule has 0 radical (unpaired) electrons. The summed E-state index contributed by atoms with van der Waals surface area (Å²) < 4.78 is 39.6. The van der Waals surface area contributed by atoms with Crippen molar-refractivity contribution in [3.8, 4) is 11.5 Å². The fraction of sp³-hybridized carbons (Fsp3) is 0.250. The normalized spacial score (nSPS) is 17.2. The van der Waals surface area contributed by atoms with Gasteiger partial charge in [0.05, 0.1) is 24.4 Å². The van der Waals surface area contributed by atoms with Gasteiger partial charge in [-0.2, -0.15) is 5.06 Å². The minimum Gasteiger partial charge on any atom is -0.493 e. The minimum absolute atomic E-state index is 0.0137. The number of aromatic nitrogens is 2. The fourth-order valence-electron chi connectivity index (χ4n) is 3.87. The number of benzene rings is 2. The van der Waals surface area contributed by atoms with Crippen molar-refractivity contribution in [1.82, 2.24) is 20.3 Å². The maximum absolute atomic E-state index is 14.5. The van der Waals surface area contributed by atoms with Crippen LogP contribution in [0.5, 0.6) is 11.5 Å². The average Bonchev–Trinajstić information content (AvgIpc) is 2.92. The highest BCUT2D eigenvalue weighted by Gasteiger charge is 2.33. The first kappa shape index (κ1) is 26.2. The van der Waals surface area contributed by atoms with Crippen molar-refractivity contribution in [2.45, 2.75) is 25.0 Å². The van der Waals surface area contributed by atoms with Crippen molar-refractivity contribution in [3.63, 3.8) is 0 Å². The van der Waals surface area contributed by atoms with Crippen LogP contribution in [0.25, 0.3) is 10.9 Å². The molecule has 0 bridgehead atoms. The van der Waals surface area contributed by atoms with Crippen LogP contribution in [0.3, 0.4) is 0 Å². The highest BCUT2D eigenvalue weighted by molar-refractivity contribution is 6.31. The van der Waals surface area contributed by atoms with Gasteiger partial charge in [0.25, 0.3) is 11.8 Å². The van der Waals surface area contributed by atoms with Crippen LogP contribution >= 0.6 is 11.6 Å². The highest BCUT2D eigenvalue weighted by atomic mass is 35.5. The number of hydrogen-bond donors (Lipinski definition) is 3. The summed E-state index contributed by atoms with van der Waals surface area (Å²) in [5, 5.41) is 15.4. The number of piperidine rings is 1. The second kappa shape index (κ2) is 11.0. The minimum atomic E-state index is -0.975. The standard InChI is InChI=1S/C24H22ClF2N5O5/c1-3-20(33)32(35)24(34)17-8-12(6-7-28-17)37-19-9-13-16(10-18(19)36-2)29-11-30-23(13)31-15-5-4-14(26)21(25)22(15)27/h3-5,9-12,17,28,35H,1,6-8H2,2H3,(H,29,30,31)/t12-,17-/m0/s1. The molecule has 0 aliphatic carbocycles. The molecule has 13 heteroatoms. The van der Waals surface area contributed by atoms with E-state index in [-0.39, 0.29) is 23.0 Å². The molecule has 4 rings (SSSR count). The van der Waals surface area contributed by atoms with Gasteiger partial charge in [0.15, 0.2) is 17.3 Å². The molecule has 1 fully saturated rings. The molecule has 1 aromatic heterocycles. The van der Waals surface area contributed by atoms with E-state index < -0.39 is 40.6 Å². The Labute approximate surface area is 214 Å². The third-order valence-electron chi connectivity index (χ3n) is 5.75. The SMILES string of the molecule is C=CC(=O)N(O)C(=O)[C@@H]1C[C@@H](Oc2cc3c(Nc4ccc(F)c(Cl)c4F)ncnc3cc2OC)CCN1. The number of nitrogens with one attached hydrogen (secondary N) is 2. The number of imide groups is 1. The summed E-state index contributed by atoms with van der Waals surface area (Å²) in [4.78, 5) is 32.4. The maximum atomic E-state index is 14.5. The zero-order valence-electron chi connectivity index (χ0n) is 19.5. The van der Waals surface area contributed by atoms with Gasteiger partial charge in [-0.15, -0.1) is 0 Å². The van der Waals surface area contributed by atoms with Gasteiger partial charge in [-0.05, 0) is 37.2 Å². The van der Waals surface area contributed by atoms with E-state index in [0.29, 0.717) is 35.4 Å². The number of rotatable bonds is 7. The first-order valence-corrected chi connectivity index (χ1v) is 11.4. The van der Waals surface area contributed by atoms with Crippen LogP contribution in [0, 0.1) is 11.6 Å². The van der Waals surface area contributed by atoms with Gasteiger partial charge in [-0.25, -0.2) is 18.7 Å². The summed E-state index contributed by atoms with van der Waals surface area (Å²) in [6.45, 7) is 3.63. The smallest absolute Gasteiger partial charge is 0.276 e. The van der Waals surface area contributed by atoms with Gasteiger partial charge in [-0.1, -0.05) is 18.2 Å². The van der Waals surface area contributed by atoms with Crippen molar-refractivity contribution in [2.24, 2.45) is 0 Å². The Morgan fingerprint density at radius 3 is 2.81 bits per heavy atom. The van der Waals surface area contributed by atoms with Crippen LogP contribution in [-0.4, -0.2) is 57.9 Å². The summed E-state index contributed by atoms with van der Waals surface area (Å²) in [6, 6.07) is 4.55. The van der Waals surface area contributed by atoms with Crippen LogP contribution in [0.4, 0.5) is 20.3 Å². The van der Waals surface area contributed by atoms with Crippen LogP contribution in [-0.2, 0) is 9.59 Å². The summed E-state index contributed by atoms with van der Waals surface area (Å²) in [7, 11) is 1.45. The first-order chi connectivity index (χ1) is 17.7. The van der Waals surface area contributed by atoms with E-state index in [1.165, 1.54) is 19.5 Å². The van der Waals surface area contributed by atoms with E-state index in [2.05, 4.69) is 27.2 Å². The number of methoxy groups -OCH3 is 1. The van der Waals surface area contributed by atoms with Crippen molar-refractivity contribution in [1.29, 1.82) is 0 Å². The van der Waals surface area contributed by atoms with E-state index in [1.54, 1.807) is 12.1 Å². The third-order valence-corrected chi connectivity index (χ3v) is 6.09. The van der Waals surface area contributed by atoms with Gasteiger partial charge >= 0.3 is 0 Å². The van der Waals surface area contributed by atoms with E-state index in [9.17, 15) is 23.6 Å². The second-order valence-corrected chi connectivity index (χ2v) is 8.43.